The van der Waals surface area contributed by atoms with E-state index >= 15 is 0 Å². The van der Waals surface area contributed by atoms with Gasteiger partial charge in [0.15, 0.2) is 0 Å². The van der Waals surface area contributed by atoms with Gasteiger partial charge in [0.05, 0.1) is 11.9 Å². The minimum atomic E-state index is -0.984. The van der Waals surface area contributed by atoms with Crippen LogP contribution in [0, 0.1) is 11.6 Å². The maximum atomic E-state index is 13.7. The zero-order chi connectivity index (χ0) is 17.1. The highest BCUT2D eigenvalue weighted by Crippen LogP contribution is 2.20. The number of carbonyl (C=O) groups is 2. The second-order valence-corrected chi connectivity index (χ2v) is 5.66. The van der Waals surface area contributed by atoms with E-state index in [0.29, 0.717) is 0 Å². The molecule has 0 aliphatic heterocycles. The molecule has 1 aromatic heterocycles. The van der Waals surface area contributed by atoms with Crippen molar-refractivity contribution in [3.63, 3.8) is 0 Å². The lowest BCUT2D eigenvalue weighted by Crippen LogP contribution is -2.33. The summed E-state index contributed by atoms with van der Waals surface area (Å²) in [5.74, 6) is -3.36. The van der Waals surface area contributed by atoms with Crippen LogP contribution in [0.4, 0.5) is 14.5 Å². The molecule has 0 saturated heterocycles. The first-order valence-corrected chi connectivity index (χ1v) is 7.66. The van der Waals surface area contributed by atoms with Crippen molar-refractivity contribution in [3.8, 4) is 0 Å². The summed E-state index contributed by atoms with van der Waals surface area (Å²) in [5.41, 5.74) is -0.592. The Morgan fingerprint density at radius 3 is 2.46 bits per heavy atom. The van der Waals surface area contributed by atoms with Crippen LogP contribution in [0.1, 0.15) is 46.5 Å². The summed E-state index contributed by atoms with van der Waals surface area (Å²) in [4.78, 5) is 24.4. The maximum absolute atomic E-state index is 13.7. The standard InChI is InChI=1S/C16H16F2N4O2/c17-10-6-3-7-11(18)13(10)15(23)21-12-8-19-22-14(12)16(24)20-9-4-1-2-5-9/h3,6-9H,1-2,4-5H2,(H,19,22)(H,20,24)(H,21,23). The zero-order valence-corrected chi connectivity index (χ0v) is 12.7. The predicted octanol–water partition coefficient (Wildman–Crippen LogP) is 2.61. The number of amides is 2. The van der Waals surface area contributed by atoms with Crippen molar-refractivity contribution in [2.24, 2.45) is 0 Å². The van der Waals surface area contributed by atoms with Gasteiger partial charge in [0, 0.05) is 6.04 Å². The summed E-state index contributed by atoms with van der Waals surface area (Å²) < 4.78 is 27.3. The second-order valence-electron chi connectivity index (χ2n) is 5.66. The monoisotopic (exact) mass is 334 g/mol. The van der Waals surface area contributed by atoms with Gasteiger partial charge in [-0.25, -0.2) is 8.78 Å². The van der Waals surface area contributed by atoms with Crippen molar-refractivity contribution in [2.45, 2.75) is 31.7 Å². The number of hydrogen-bond acceptors (Lipinski definition) is 3. The molecular formula is C16H16F2N4O2. The van der Waals surface area contributed by atoms with Crippen LogP contribution in [-0.4, -0.2) is 28.1 Å². The highest BCUT2D eigenvalue weighted by molar-refractivity contribution is 6.08. The van der Waals surface area contributed by atoms with E-state index in [1.54, 1.807) is 0 Å². The van der Waals surface area contributed by atoms with Gasteiger partial charge in [-0.3, -0.25) is 14.7 Å². The molecule has 3 rings (SSSR count). The molecule has 1 aromatic carbocycles. The van der Waals surface area contributed by atoms with Crippen LogP contribution >= 0.6 is 0 Å². The molecule has 24 heavy (non-hydrogen) atoms. The normalized spacial score (nSPS) is 14.6. The maximum Gasteiger partial charge on any atom is 0.271 e. The van der Waals surface area contributed by atoms with E-state index in [1.807, 2.05) is 0 Å². The molecular weight excluding hydrogens is 318 g/mol. The van der Waals surface area contributed by atoms with Crippen LogP contribution in [0.2, 0.25) is 0 Å². The summed E-state index contributed by atoms with van der Waals surface area (Å²) in [7, 11) is 0. The third kappa shape index (κ3) is 3.27. The Kier molecular flexibility index (Phi) is 4.54. The van der Waals surface area contributed by atoms with Crippen molar-refractivity contribution in [2.75, 3.05) is 5.32 Å². The smallest absolute Gasteiger partial charge is 0.271 e. The molecule has 1 aliphatic rings. The van der Waals surface area contributed by atoms with Gasteiger partial charge in [-0.05, 0) is 25.0 Å². The van der Waals surface area contributed by atoms with Crippen LogP contribution in [0.15, 0.2) is 24.4 Å². The van der Waals surface area contributed by atoms with Gasteiger partial charge < -0.3 is 10.6 Å². The topological polar surface area (TPSA) is 86.9 Å². The molecule has 0 radical (unpaired) electrons. The number of H-pyrrole nitrogens is 1. The Labute approximate surface area is 136 Å². The Hall–Kier alpha value is -2.77. The first-order chi connectivity index (χ1) is 11.6. The first kappa shape index (κ1) is 16.1. The van der Waals surface area contributed by atoms with Crippen LogP contribution in [0.3, 0.4) is 0 Å². The average Bonchev–Trinajstić information content (AvgIpc) is 3.18. The number of rotatable bonds is 4. The summed E-state index contributed by atoms with van der Waals surface area (Å²) in [6.07, 6.45) is 5.15. The van der Waals surface area contributed by atoms with Crippen molar-refractivity contribution >= 4 is 17.5 Å². The zero-order valence-electron chi connectivity index (χ0n) is 12.7. The van der Waals surface area contributed by atoms with E-state index in [0.717, 1.165) is 37.8 Å². The van der Waals surface area contributed by atoms with Gasteiger partial charge >= 0.3 is 0 Å². The largest absolute Gasteiger partial charge is 0.348 e. The number of hydrogen-bond donors (Lipinski definition) is 3. The molecule has 1 fully saturated rings. The number of halogens is 2. The molecule has 1 aliphatic carbocycles. The molecule has 2 amide bonds. The molecule has 8 heteroatoms. The molecule has 0 unspecified atom stereocenters. The van der Waals surface area contributed by atoms with Gasteiger partial charge in [0.25, 0.3) is 11.8 Å². The highest BCUT2D eigenvalue weighted by atomic mass is 19.1. The molecule has 0 spiro atoms. The number of aromatic nitrogens is 2. The minimum absolute atomic E-state index is 0.0481. The Morgan fingerprint density at radius 1 is 1.12 bits per heavy atom. The van der Waals surface area contributed by atoms with E-state index in [4.69, 9.17) is 0 Å². The van der Waals surface area contributed by atoms with Crippen molar-refractivity contribution in [1.82, 2.24) is 15.5 Å². The molecule has 2 aromatic rings. The van der Waals surface area contributed by atoms with Crippen LogP contribution in [0.5, 0.6) is 0 Å². The average molecular weight is 334 g/mol. The molecule has 0 atom stereocenters. The Balaban J connectivity index is 1.75. The van der Waals surface area contributed by atoms with Crippen molar-refractivity contribution in [3.05, 3.63) is 47.3 Å². The fourth-order valence-corrected chi connectivity index (χ4v) is 2.78. The Morgan fingerprint density at radius 2 is 1.79 bits per heavy atom. The van der Waals surface area contributed by atoms with Gasteiger partial charge in [0.2, 0.25) is 0 Å². The molecule has 0 bridgehead atoms. The van der Waals surface area contributed by atoms with Gasteiger partial charge in [-0.2, -0.15) is 5.10 Å². The van der Waals surface area contributed by atoms with E-state index in [1.165, 1.54) is 12.3 Å². The summed E-state index contributed by atoms with van der Waals surface area (Å²) in [6.45, 7) is 0. The van der Waals surface area contributed by atoms with Crippen molar-refractivity contribution < 1.29 is 18.4 Å². The highest BCUT2D eigenvalue weighted by Gasteiger charge is 2.23. The molecule has 3 N–H and O–H groups in total. The van der Waals surface area contributed by atoms with Crippen LogP contribution < -0.4 is 10.6 Å². The number of nitrogens with one attached hydrogen (secondary N) is 3. The lowest BCUT2D eigenvalue weighted by Gasteiger charge is -2.12. The van der Waals surface area contributed by atoms with E-state index in [2.05, 4.69) is 20.8 Å². The van der Waals surface area contributed by atoms with Crippen LogP contribution in [0.25, 0.3) is 0 Å². The quantitative estimate of drug-likeness (QED) is 0.803. The number of aromatic amines is 1. The number of carbonyl (C=O) groups excluding carboxylic acids is 2. The molecule has 6 nitrogen and oxygen atoms in total. The molecule has 1 heterocycles. The number of benzene rings is 1. The van der Waals surface area contributed by atoms with Gasteiger partial charge in [-0.15, -0.1) is 0 Å². The van der Waals surface area contributed by atoms with Crippen molar-refractivity contribution in [1.29, 1.82) is 0 Å². The third-order valence-corrected chi connectivity index (χ3v) is 3.99. The SMILES string of the molecule is O=C(NC1CCCC1)c1[nH]ncc1NC(=O)c1c(F)cccc1F. The number of nitrogens with zero attached hydrogens (tertiary/aromatic N) is 1. The fourth-order valence-electron chi connectivity index (χ4n) is 2.78. The van der Waals surface area contributed by atoms with E-state index in [-0.39, 0.29) is 17.4 Å². The lowest BCUT2D eigenvalue weighted by molar-refractivity contribution is 0.0933. The Bertz CT molecular complexity index is 749. The third-order valence-electron chi connectivity index (χ3n) is 3.99. The lowest BCUT2D eigenvalue weighted by atomic mass is 10.1. The van der Waals surface area contributed by atoms with Gasteiger partial charge in [0.1, 0.15) is 22.9 Å². The predicted molar refractivity (Wildman–Crippen MR) is 82.6 cm³/mol. The summed E-state index contributed by atoms with van der Waals surface area (Å²) >= 11 is 0. The van der Waals surface area contributed by atoms with E-state index in [9.17, 15) is 18.4 Å². The van der Waals surface area contributed by atoms with Gasteiger partial charge in [-0.1, -0.05) is 18.9 Å². The second kappa shape index (κ2) is 6.77. The van der Waals surface area contributed by atoms with E-state index < -0.39 is 29.0 Å². The first-order valence-electron chi connectivity index (χ1n) is 7.66. The fraction of sp³-hybridized carbons (Fsp3) is 0.312. The van der Waals surface area contributed by atoms with Crippen LogP contribution in [-0.2, 0) is 0 Å². The summed E-state index contributed by atoms with van der Waals surface area (Å²) in [6, 6.07) is 3.23. The molecule has 126 valence electrons. The number of anilines is 1. The molecule has 1 saturated carbocycles. The minimum Gasteiger partial charge on any atom is -0.348 e. The summed E-state index contributed by atoms with van der Waals surface area (Å²) in [5, 5.41) is 11.4.